The van der Waals surface area contributed by atoms with Gasteiger partial charge in [-0.3, -0.25) is 14.6 Å². The third kappa shape index (κ3) is 3.52. The van der Waals surface area contributed by atoms with E-state index in [1.54, 1.807) is 42.7 Å². The van der Waals surface area contributed by atoms with Gasteiger partial charge in [-0.1, -0.05) is 18.2 Å². The monoisotopic (exact) mass is 317 g/mol. The van der Waals surface area contributed by atoms with Crippen LogP contribution in [0.2, 0.25) is 0 Å². The van der Waals surface area contributed by atoms with Gasteiger partial charge in [-0.25, -0.2) is 4.98 Å². The topological polar surface area (TPSA) is 72.0 Å². The van der Waals surface area contributed by atoms with E-state index in [0.717, 1.165) is 11.3 Å². The van der Waals surface area contributed by atoms with Crippen LogP contribution in [0.1, 0.15) is 27.6 Å². The first-order valence-electron chi connectivity index (χ1n) is 7.43. The molecule has 0 atom stereocenters. The van der Waals surface area contributed by atoms with Crippen LogP contribution in [0.3, 0.4) is 0 Å². The minimum atomic E-state index is -0.275. The van der Waals surface area contributed by atoms with Gasteiger partial charge >= 0.3 is 0 Å². The van der Waals surface area contributed by atoms with E-state index >= 15 is 0 Å². The maximum Gasteiger partial charge on any atom is 0.256 e. The van der Waals surface area contributed by atoms with Crippen molar-refractivity contribution in [2.45, 2.75) is 6.92 Å². The van der Waals surface area contributed by atoms with Crippen molar-refractivity contribution in [3.8, 4) is 11.3 Å². The van der Waals surface area contributed by atoms with Crippen LogP contribution in [-0.2, 0) is 0 Å². The van der Waals surface area contributed by atoms with Gasteiger partial charge in [-0.05, 0) is 43.3 Å². The fraction of sp³-hybridized carbons (Fsp3) is 0.0526. The molecule has 2 aromatic heterocycles. The molecule has 0 aliphatic carbocycles. The van der Waals surface area contributed by atoms with E-state index in [0.29, 0.717) is 16.9 Å². The van der Waals surface area contributed by atoms with Crippen LogP contribution in [-0.4, -0.2) is 21.7 Å². The number of Topliss-reactive ketones (excluding diaryl/α,β-unsaturated/α-hetero) is 1. The fourth-order valence-corrected chi connectivity index (χ4v) is 2.20. The Morgan fingerprint density at radius 3 is 2.21 bits per heavy atom. The standard InChI is InChI=1S/C19H15N3O2/c1-13(23)14-5-7-15(8-6-14)19(24)22-18-10-9-16(12-21-18)17-4-2-3-11-20-17/h2-12H,1H3,(H,21,22,24). The summed E-state index contributed by atoms with van der Waals surface area (Å²) >= 11 is 0. The molecule has 5 nitrogen and oxygen atoms in total. The SMILES string of the molecule is CC(=O)c1ccc(C(=O)Nc2ccc(-c3ccccn3)cn2)cc1. The highest BCUT2D eigenvalue weighted by Gasteiger charge is 2.08. The molecule has 3 rings (SSSR count). The van der Waals surface area contributed by atoms with Crippen LogP contribution >= 0.6 is 0 Å². The summed E-state index contributed by atoms with van der Waals surface area (Å²) in [5.74, 6) is 0.146. The molecule has 0 aliphatic heterocycles. The maximum absolute atomic E-state index is 12.2. The molecule has 3 aromatic rings. The summed E-state index contributed by atoms with van der Waals surface area (Å²) in [6.07, 6.45) is 3.38. The first-order chi connectivity index (χ1) is 11.6. The van der Waals surface area contributed by atoms with Crippen molar-refractivity contribution in [1.29, 1.82) is 0 Å². The molecule has 118 valence electrons. The Bertz CT molecular complexity index is 857. The molecule has 24 heavy (non-hydrogen) atoms. The zero-order valence-electron chi connectivity index (χ0n) is 13.1. The predicted octanol–water partition coefficient (Wildman–Crippen LogP) is 3.60. The highest BCUT2D eigenvalue weighted by molar-refractivity contribution is 6.04. The van der Waals surface area contributed by atoms with Crippen LogP contribution in [0.5, 0.6) is 0 Å². The van der Waals surface area contributed by atoms with Gasteiger partial charge < -0.3 is 5.32 Å². The summed E-state index contributed by atoms with van der Waals surface area (Å²) in [5, 5.41) is 2.73. The summed E-state index contributed by atoms with van der Waals surface area (Å²) < 4.78 is 0. The number of amides is 1. The molecule has 1 aromatic carbocycles. The highest BCUT2D eigenvalue weighted by atomic mass is 16.1. The summed E-state index contributed by atoms with van der Waals surface area (Å²) in [4.78, 5) is 31.9. The van der Waals surface area contributed by atoms with Gasteiger partial charge in [0, 0.05) is 29.1 Å². The largest absolute Gasteiger partial charge is 0.307 e. The molecule has 0 saturated heterocycles. The quantitative estimate of drug-likeness (QED) is 0.746. The summed E-state index contributed by atoms with van der Waals surface area (Å²) in [6, 6.07) is 15.7. The molecule has 0 unspecified atom stereocenters. The molecule has 1 amide bonds. The molecule has 2 heterocycles. The Labute approximate surface area is 139 Å². The maximum atomic E-state index is 12.2. The fourth-order valence-electron chi connectivity index (χ4n) is 2.20. The van der Waals surface area contributed by atoms with Crippen LogP contribution in [0.25, 0.3) is 11.3 Å². The lowest BCUT2D eigenvalue weighted by Gasteiger charge is -2.06. The Kier molecular flexibility index (Phi) is 4.43. The Hall–Kier alpha value is -3.34. The van der Waals surface area contributed by atoms with Gasteiger partial charge in [0.25, 0.3) is 5.91 Å². The van der Waals surface area contributed by atoms with Crippen molar-refractivity contribution in [2.24, 2.45) is 0 Å². The van der Waals surface area contributed by atoms with Crippen molar-refractivity contribution in [2.75, 3.05) is 5.32 Å². The van der Waals surface area contributed by atoms with Crippen LogP contribution in [0.4, 0.5) is 5.82 Å². The van der Waals surface area contributed by atoms with E-state index in [4.69, 9.17) is 0 Å². The molecule has 5 heteroatoms. The molecule has 0 aliphatic rings. The van der Waals surface area contributed by atoms with E-state index in [-0.39, 0.29) is 11.7 Å². The van der Waals surface area contributed by atoms with E-state index in [1.165, 1.54) is 6.92 Å². The van der Waals surface area contributed by atoms with Gasteiger partial charge in [0.1, 0.15) is 5.82 Å². The van der Waals surface area contributed by atoms with Crippen LogP contribution < -0.4 is 5.32 Å². The Balaban J connectivity index is 1.71. The van der Waals surface area contributed by atoms with Crippen molar-refractivity contribution < 1.29 is 9.59 Å². The lowest BCUT2D eigenvalue weighted by atomic mass is 10.1. The Morgan fingerprint density at radius 1 is 0.875 bits per heavy atom. The predicted molar refractivity (Wildman–Crippen MR) is 91.9 cm³/mol. The molecule has 0 fully saturated rings. The smallest absolute Gasteiger partial charge is 0.256 e. The van der Waals surface area contributed by atoms with Gasteiger partial charge in [0.2, 0.25) is 0 Å². The number of anilines is 1. The Morgan fingerprint density at radius 2 is 1.62 bits per heavy atom. The second kappa shape index (κ2) is 6.83. The van der Waals surface area contributed by atoms with Crippen molar-refractivity contribution in [3.63, 3.8) is 0 Å². The number of carbonyl (C=O) groups is 2. The van der Waals surface area contributed by atoms with Crippen LogP contribution in [0, 0.1) is 0 Å². The van der Waals surface area contributed by atoms with E-state index < -0.39 is 0 Å². The van der Waals surface area contributed by atoms with E-state index in [1.807, 2.05) is 24.3 Å². The van der Waals surface area contributed by atoms with Gasteiger partial charge in [-0.15, -0.1) is 0 Å². The number of aromatic nitrogens is 2. The van der Waals surface area contributed by atoms with Crippen molar-refractivity contribution in [3.05, 3.63) is 78.1 Å². The lowest BCUT2D eigenvalue weighted by Crippen LogP contribution is -2.13. The van der Waals surface area contributed by atoms with Crippen LogP contribution in [0.15, 0.2) is 67.0 Å². The third-order valence-corrected chi connectivity index (χ3v) is 3.52. The molecule has 0 radical (unpaired) electrons. The summed E-state index contributed by atoms with van der Waals surface area (Å²) in [6.45, 7) is 1.49. The number of ketones is 1. The van der Waals surface area contributed by atoms with E-state index in [2.05, 4.69) is 15.3 Å². The molecule has 1 N–H and O–H groups in total. The lowest BCUT2D eigenvalue weighted by molar-refractivity contribution is 0.100. The molecule has 0 spiro atoms. The first-order valence-corrected chi connectivity index (χ1v) is 7.43. The number of hydrogen-bond donors (Lipinski definition) is 1. The van der Waals surface area contributed by atoms with Crippen molar-refractivity contribution in [1.82, 2.24) is 9.97 Å². The van der Waals surface area contributed by atoms with Gasteiger partial charge in [-0.2, -0.15) is 0 Å². The summed E-state index contributed by atoms with van der Waals surface area (Å²) in [5.41, 5.74) is 2.74. The minimum absolute atomic E-state index is 0.0336. The number of nitrogens with one attached hydrogen (secondary N) is 1. The van der Waals surface area contributed by atoms with Crippen molar-refractivity contribution >= 4 is 17.5 Å². The second-order valence-electron chi connectivity index (χ2n) is 5.23. The number of nitrogens with zero attached hydrogens (tertiary/aromatic N) is 2. The minimum Gasteiger partial charge on any atom is -0.307 e. The highest BCUT2D eigenvalue weighted by Crippen LogP contribution is 2.17. The first kappa shape index (κ1) is 15.6. The zero-order valence-corrected chi connectivity index (χ0v) is 13.1. The third-order valence-electron chi connectivity index (χ3n) is 3.52. The number of rotatable bonds is 4. The number of carbonyl (C=O) groups excluding carboxylic acids is 2. The summed E-state index contributed by atoms with van der Waals surface area (Å²) in [7, 11) is 0. The number of hydrogen-bond acceptors (Lipinski definition) is 4. The number of benzene rings is 1. The second-order valence-corrected chi connectivity index (χ2v) is 5.23. The molecular weight excluding hydrogens is 302 g/mol. The van der Waals surface area contributed by atoms with Gasteiger partial charge in [0.05, 0.1) is 5.69 Å². The normalized spacial score (nSPS) is 10.2. The molecular formula is C19H15N3O2. The average Bonchev–Trinajstić information content (AvgIpc) is 2.63. The van der Waals surface area contributed by atoms with Gasteiger partial charge in [0.15, 0.2) is 5.78 Å². The molecule has 0 saturated carbocycles. The van der Waals surface area contributed by atoms with E-state index in [9.17, 15) is 9.59 Å². The number of pyridine rings is 2. The zero-order chi connectivity index (χ0) is 16.9. The molecule has 0 bridgehead atoms. The average molecular weight is 317 g/mol.